The van der Waals surface area contributed by atoms with Gasteiger partial charge in [-0.3, -0.25) is 4.68 Å². The summed E-state index contributed by atoms with van der Waals surface area (Å²) in [7, 11) is 1.97. The molecule has 1 aliphatic rings. The van der Waals surface area contributed by atoms with Crippen LogP contribution in [0.4, 0.5) is 0 Å². The molecule has 0 saturated heterocycles. The molecule has 1 aromatic heterocycles. The van der Waals surface area contributed by atoms with E-state index in [9.17, 15) is 0 Å². The second-order valence-corrected chi connectivity index (χ2v) is 4.61. The maximum atomic E-state index is 6.18. The minimum absolute atomic E-state index is 0.532. The van der Waals surface area contributed by atoms with Crippen molar-refractivity contribution in [2.24, 2.45) is 7.05 Å². The number of aryl methyl sites for hydroxylation is 1. The largest absolute Gasteiger partial charge is 0.314 e. The maximum absolute atomic E-state index is 6.18. The third-order valence-electron chi connectivity index (χ3n) is 3.27. The Kier molecular flexibility index (Phi) is 3.32. The first-order valence-corrected chi connectivity index (χ1v) is 6.02. The van der Waals surface area contributed by atoms with E-state index >= 15 is 0 Å². The van der Waals surface area contributed by atoms with Crippen LogP contribution in [-0.2, 0) is 7.05 Å². The lowest BCUT2D eigenvalue weighted by molar-refractivity contribution is 0.471. The van der Waals surface area contributed by atoms with Crippen LogP contribution in [0.3, 0.4) is 0 Å². The molecular weight excluding hydrogens is 210 g/mol. The van der Waals surface area contributed by atoms with E-state index in [0.29, 0.717) is 12.0 Å². The average Bonchev–Trinajstić information content (AvgIpc) is 2.75. The number of nitrogens with one attached hydrogen (secondary N) is 1. The predicted octanol–water partition coefficient (Wildman–Crippen LogP) is 2.32. The number of nitrogens with zero attached hydrogens (tertiary/aromatic N) is 2. The van der Waals surface area contributed by atoms with Crippen molar-refractivity contribution in [2.75, 3.05) is 6.54 Å². The first-order chi connectivity index (χ1) is 7.24. The average molecular weight is 228 g/mol. The lowest BCUT2D eigenvalue weighted by Gasteiger charge is -2.20. The normalized spacial score (nSPS) is 26.1. The van der Waals surface area contributed by atoms with Crippen LogP contribution in [0.5, 0.6) is 0 Å². The molecule has 0 aliphatic heterocycles. The van der Waals surface area contributed by atoms with Crippen LogP contribution in [0.2, 0.25) is 5.02 Å². The monoisotopic (exact) mass is 227 g/mol. The van der Waals surface area contributed by atoms with Crippen LogP contribution in [0.25, 0.3) is 0 Å². The van der Waals surface area contributed by atoms with Gasteiger partial charge in [0.05, 0.1) is 16.9 Å². The quantitative estimate of drug-likeness (QED) is 0.859. The van der Waals surface area contributed by atoms with Crippen LogP contribution in [0, 0.1) is 0 Å². The Bertz CT molecular complexity index is 315. The second kappa shape index (κ2) is 4.54. The molecule has 0 amide bonds. The fourth-order valence-electron chi connectivity index (χ4n) is 2.63. The summed E-state index contributed by atoms with van der Waals surface area (Å²) in [6.45, 7) is 3.18. The highest BCUT2D eigenvalue weighted by molar-refractivity contribution is 6.31. The molecule has 1 N–H and O–H groups in total. The van der Waals surface area contributed by atoms with Gasteiger partial charge in [-0.2, -0.15) is 5.10 Å². The van der Waals surface area contributed by atoms with Gasteiger partial charge >= 0.3 is 0 Å². The Balaban J connectivity index is 2.22. The molecule has 1 aliphatic carbocycles. The fraction of sp³-hybridized carbons (Fsp3) is 0.727. The zero-order valence-electron chi connectivity index (χ0n) is 9.33. The number of hydrogen-bond donors (Lipinski definition) is 1. The number of hydrogen-bond acceptors (Lipinski definition) is 2. The van der Waals surface area contributed by atoms with Gasteiger partial charge in [-0.05, 0) is 19.4 Å². The predicted molar refractivity (Wildman–Crippen MR) is 62.3 cm³/mol. The van der Waals surface area contributed by atoms with Crippen LogP contribution in [0.1, 0.15) is 37.8 Å². The maximum Gasteiger partial charge on any atom is 0.0821 e. The van der Waals surface area contributed by atoms with Crippen molar-refractivity contribution >= 4 is 11.6 Å². The molecule has 2 unspecified atom stereocenters. The topological polar surface area (TPSA) is 29.9 Å². The third-order valence-corrected chi connectivity index (χ3v) is 3.56. The van der Waals surface area contributed by atoms with Gasteiger partial charge in [0.25, 0.3) is 0 Å². The molecule has 3 nitrogen and oxygen atoms in total. The van der Waals surface area contributed by atoms with Crippen molar-refractivity contribution in [1.82, 2.24) is 15.1 Å². The smallest absolute Gasteiger partial charge is 0.0821 e. The van der Waals surface area contributed by atoms with Gasteiger partial charge in [0.2, 0.25) is 0 Å². The summed E-state index contributed by atoms with van der Waals surface area (Å²) in [5.74, 6) is 0.532. The summed E-state index contributed by atoms with van der Waals surface area (Å²) in [5, 5.41) is 8.56. The minimum atomic E-state index is 0.532. The van der Waals surface area contributed by atoms with E-state index in [0.717, 1.165) is 11.6 Å². The van der Waals surface area contributed by atoms with Crippen LogP contribution >= 0.6 is 11.6 Å². The Labute approximate surface area is 95.8 Å². The summed E-state index contributed by atoms with van der Waals surface area (Å²) >= 11 is 6.18. The van der Waals surface area contributed by atoms with Gasteiger partial charge in [0, 0.05) is 19.0 Å². The molecule has 4 heteroatoms. The molecular formula is C11H18ClN3. The molecule has 0 spiro atoms. The van der Waals surface area contributed by atoms with Crippen molar-refractivity contribution in [2.45, 2.75) is 38.1 Å². The molecule has 1 saturated carbocycles. The van der Waals surface area contributed by atoms with Gasteiger partial charge in [-0.25, -0.2) is 0 Å². The van der Waals surface area contributed by atoms with Crippen molar-refractivity contribution in [1.29, 1.82) is 0 Å². The molecule has 0 radical (unpaired) electrons. The summed E-state index contributed by atoms with van der Waals surface area (Å²) in [5.41, 5.74) is 1.19. The molecule has 1 aromatic rings. The Morgan fingerprint density at radius 3 is 3.00 bits per heavy atom. The van der Waals surface area contributed by atoms with E-state index in [1.165, 1.54) is 25.0 Å². The molecule has 1 heterocycles. The first kappa shape index (κ1) is 11.0. The van der Waals surface area contributed by atoms with Gasteiger partial charge in [-0.15, -0.1) is 0 Å². The Hall–Kier alpha value is -0.540. The SMILES string of the molecule is CCNC1CCCC1c1c(Cl)cnn1C. The van der Waals surface area contributed by atoms with E-state index in [1.54, 1.807) is 6.20 Å². The van der Waals surface area contributed by atoms with Gasteiger partial charge in [-0.1, -0.05) is 24.9 Å². The Morgan fingerprint density at radius 2 is 2.40 bits per heavy atom. The van der Waals surface area contributed by atoms with Gasteiger partial charge < -0.3 is 5.32 Å². The number of rotatable bonds is 3. The highest BCUT2D eigenvalue weighted by Crippen LogP contribution is 2.37. The van der Waals surface area contributed by atoms with Crippen molar-refractivity contribution < 1.29 is 0 Å². The van der Waals surface area contributed by atoms with Crippen LogP contribution in [-0.4, -0.2) is 22.4 Å². The molecule has 0 aromatic carbocycles. The van der Waals surface area contributed by atoms with Crippen LogP contribution < -0.4 is 5.32 Å². The highest BCUT2D eigenvalue weighted by Gasteiger charge is 2.31. The van der Waals surface area contributed by atoms with Crippen molar-refractivity contribution in [3.8, 4) is 0 Å². The van der Waals surface area contributed by atoms with Crippen LogP contribution in [0.15, 0.2) is 6.20 Å². The summed E-state index contributed by atoms with van der Waals surface area (Å²) < 4.78 is 1.92. The molecule has 2 atom stereocenters. The van der Waals surface area contributed by atoms with Gasteiger partial charge in [0.1, 0.15) is 0 Å². The lowest BCUT2D eigenvalue weighted by atomic mass is 9.99. The molecule has 15 heavy (non-hydrogen) atoms. The minimum Gasteiger partial charge on any atom is -0.314 e. The third kappa shape index (κ3) is 2.04. The van der Waals surface area contributed by atoms with E-state index in [1.807, 2.05) is 11.7 Å². The first-order valence-electron chi connectivity index (χ1n) is 5.64. The molecule has 84 valence electrons. The highest BCUT2D eigenvalue weighted by atomic mass is 35.5. The van der Waals surface area contributed by atoms with E-state index < -0.39 is 0 Å². The molecule has 0 bridgehead atoms. The Morgan fingerprint density at radius 1 is 1.60 bits per heavy atom. The standard InChI is InChI=1S/C11H18ClN3/c1-3-13-10-6-4-5-8(10)11-9(12)7-14-15(11)2/h7-8,10,13H,3-6H2,1-2H3. The number of halogens is 1. The van der Waals surface area contributed by atoms with E-state index in [4.69, 9.17) is 11.6 Å². The molecule has 1 fully saturated rings. The molecule has 2 rings (SSSR count). The zero-order valence-corrected chi connectivity index (χ0v) is 10.1. The van der Waals surface area contributed by atoms with E-state index in [-0.39, 0.29) is 0 Å². The van der Waals surface area contributed by atoms with Crippen molar-refractivity contribution in [3.63, 3.8) is 0 Å². The fourth-order valence-corrected chi connectivity index (χ4v) is 2.94. The lowest BCUT2D eigenvalue weighted by Crippen LogP contribution is -2.31. The summed E-state index contributed by atoms with van der Waals surface area (Å²) in [6, 6.07) is 0.572. The summed E-state index contributed by atoms with van der Waals surface area (Å²) in [6.07, 6.45) is 5.50. The second-order valence-electron chi connectivity index (χ2n) is 4.20. The van der Waals surface area contributed by atoms with Crippen molar-refractivity contribution in [3.05, 3.63) is 16.9 Å². The summed E-state index contributed by atoms with van der Waals surface area (Å²) in [4.78, 5) is 0. The zero-order chi connectivity index (χ0) is 10.8. The number of likely N-dealkylation sites (N-methyl/N-ethyl adjacent to an activating group) is 1. The van der Waals surface area contributed by atoms with E-state index in [2.05, 4.69) is 17.3 Å². The van der Waals surface area contributed by atoms with Gasteiger partial charge in [0.15, 0.2) is 0 Å². The number of aromatic nitrogens is 2.